The van der Waals surface area contributed by atoms with E-state index in [2.05, 4.69) is 25.7 Å². The van der Waals surface area contributed by atoms with E-state index in [0.717, 1.165) is 12.8 Å². The SMILES string of the molecule is CS(=O)c1nc(NC2CC2)n2ncc(C=C3CC(=O)NC3=O)c2n1. The molecule has 2 aliphatic rings. The molecule has 2 aromatic heterocycles. The monoisotopic (exact) mass is 346 g/mol. The van der Waals surface area contributed by atoms with Gasteiger partial charge in [0.2, 0.25) is 17.0 Å². The molecule has 24 heavy (non-hydrogen) atoms. The maximum Gasteiger partial charge on any atom is 0.254 e. The van der Waals surface area contributed by atoms with Gasteiger partial charge < -0.3 is 5.32 Å². The smallest absolute Gasteiger partial charge is 0.254 e. The predicted molar refractivity (Wildman–Crippen MR) is 85.5 cm³/mol. The molecule has 1 saturated carbocycles. The Kier molecular flexibility index (Phi) is 3.41. The van der Waals surface area contributed by atoms with Gasteiger partial charge in [0.15, 0.2) is 5.65 Å². The Morgan fingerprint density at radius 3 is 2.79 bits per heavy atom. The summed E-state index contributed by atoms with van der Waals surface area (Å²) in [5.41, 5.74) is 1.37. The lowest BCUT2D eigenvalue weighted by Gasteiger charge is -2.07. The third kappa shape index (κ3) is 2.68. The Bertz CT molecular complexity index is 930. The minimum absolute atomic E-state index is 0.0288. The van der Waals surface area contributed by atoms with Gasteiger partial charge in [0.1, 0.15) is 0 Å². The van der Waals surface area contributed by atoms with Crippen LogP contribution in [0.25, 0.3) is 11.7 Å². The predicted octanol–water partition coefficient (Wildman–Crippen LogP) is -0.134. The molecule has 1 atom stereocenters. The van der Waals surface area contributed by atoms with Gasteiger partial charge in [-0.3, -0.25) is 19.1 Å². The van der Waals surface area contributed by atoms with Gasteiger partial charge in [-0.1, -0.05) is 0 Å². The fraction of sp³-hybridized carbons (Fsp3) is 0.357. The van der Waals surface area contributed by atoms with Crippen molar-refractivity contribution < 1.29 is 13.8 Å². The van der Waals surface area contributed by atoms with Crippen molar-refractivity contribution >= 4 is 40.3 Å². The number of rotatable bonds is 4. The Hall–Kier alpha value is -2.62. The molecule has 2 amide bonds. The number of hydrogen-bond acceptors (Lipinski definition) is 7. The summed E-state index contributed by atoms with van der Waals surface area (Å²) in [5, 5.41) is 9.92. The minimum Gasteiger partial charge on any atom is -0.351 e. The lowest BCUT2D eigenvalue weighted by Crippen LogP contribution is -2.19. The highest BCUT2D eigenvalue weighted by atomic mass is 32.2. The van der Waals surface area contributed by atoms with E-state index in [1.54, 1.807) is 12.3 Å². The first-order valence-corrected chi connectivity index (χ1v) is 8.97. The second-order valence-electron chi connectivity index (χ2n) is 5.76. The molecule has 0 spiro atoms. The summed E-state index contributed by atoms with van der Waals surface area (Å²) in [6, 6.07) is 0.338. The first kappa shape index (κ1) is 14.9. The zero-order valence-electron chi connectivity index (χ0n) is 12.8. The lowest BCUT2D eigenvalue weighted by molar-refractivity contribution is -0.124. The van der Waals surface area contributed by atoms with Crippen molar-refractivity contribution in [1.82, 2.24) is 24.9 Å². The van der Waals surface area contributed by atoms with Gasteiger partial charge in [0.05, 0.1) is 23.4 Å². The summed E-state index contributed by atoms with van der Waals surface area (Å²) >= 11 is 0. The second-order valence-corrected chi connectivity index (χ2v) is 7.03. The average molecular weight is 346 g/mol. The van der Waals surface area contributed by atoms with Crippen LogP contribution in [0.1, 0.15) is 24.8 Å². The minimum atomic E-state index is -1.36. The molecule has 1 aliphatic heterocycles. The van der Waals surface area contributed by atoms with Crippen LogP contribution in [0.4, 0.5) is 5.95 Å². The van der Waals surface area contributed by atoms with E-state index in [1.807, 2.05) is 0 Å². The van der Waals surface area contributed by atoms with Crippen molar-refractivity contribution in [2.45, 2.75) is 30.5 Å². The summed E-state index contributed by atoms with van der Waals surface area (Å²) in [5.74, 6) is -0.267. The van der Waals surface area contributed by atoms with Gasteiger partial charge in [0.25, 0.3) is 5.91 Å². The molecule has 4 rings (SSSR count). The molecule has 2 aromatic rings. The Labute approximate surface area is 139 Å². The van der Waals surface area contributed by atoms with Crippen molar-refractivity contribution in [3.05, 3.63) is 17.3 Å². The molecular weight excluding hydrogens is 332 g/mol. The van der Waals surface area contributed by atoms with Crippen molar-refractivity contribution in [3.8, 4) is 0 Å². The van der Waals surface area contributed by atoms with Gasteiger partial charge >= 0.3 is 0 Å². The number of carbonyl (C=O) groups excluding carboxylic acids is 2. The number of nitrogens with zero attached hydrogens (tertiary/aromatic N) is 4. The van der Waals surface area contributed by atoms with Crippen molar-refractivity contribution in [1.29, 1.82) is 0 Å². The third-order valence-electron chi connectivity index (χ3n) is 3.77. The van der Waals surface area contributed by atoms with Crippen LogP contribution in [0.5, 0.6) is 0 Å². The van der Waals surface area contributed by atoms with Crippen LogP contribution in [0.3, 0.4) is 0 Å². The Balaban J connectivity index is 1.83. The summed E-state index contributed by atoms with van der Waals surface area (Å²) in [4.78, 5) is 31.6. The molecule has 124 valence electrons. The molecule has 10 heteroatoms. The zero-order chi connectivity index (χ0) is 16.8. The number of nitrogens with one attached hydrogen (secondary N) is 2. The van der Waals surface area contributed by atoms with Crippen molar-refractivity contribution in [2.75, 3.05) is 11.6 Å². The number of fused-ring (bicyclic) bond motifs is 1. The summed E-state index contributed by atoms with van der Waals surface area (Å²) in [6.45, 7) is 0. The molecule has 0 radical (unpaired) electrons. The molecule has 1 aliphatic carbocycles. The maximum absolute atomic E-state index is 11.8. The van der Waals surface area contributed by atoms with E-state index in [1.165, 1.54) is 10.8 Å². The number of carbonyl (C=O) groups is 2. The van der Waals surface area contributed by atoms with E-state index in [0.29, 0.717) is 28.8 Å². The standard InChI is InChI=1S/C14H14N6O3S/c1-24(23)14-18-11-8(4-7-5-10(21)17-12(7)22)6-15-20(11)13(19-14)16-9-2-3-9/h4,6,9H,2-3,5H2,1H3,(H,16,18,19)(H,17,21,22). The third-order valence-corrected chi connectivity index (χ3v) is 4.46. The van der Waals surface area contributed by atoms with Gasteiger partial charge in [-0.15, -0.1) is 0 Å². The highest BCUT2D eigenvalue weighted by molar-refractivity contribution is 7.84. The molecule has 1 saturated heterocycles. The summed E-state index contributed by atoms with van der Waals surface area (Å²) < 4.78 is 13.3. The van der Waals surface area contributed by atoms with Gasteiger partial charge in [-0.05, 0) is 18.9 Å². The van der Waals surface area contributed by atoms with Crippen LogP contribution in [-0.4, -0.2) is 47.9 Å². The highest BCUT2D eigenvalue weighted by Crippen LogP contribution is 2.25. The largest absolute Gasteiger partial charge is 0.351 e. The Morgan fingerprint density at radius 1 is 1.38 bits per heavy atom. The van der Waals surface area contributed by atoms with E-state index in [4.69, 9.17) is 0 Å². The Morgan fingerprint density at radius 2 is 2.17 bits per heavy atom. The highest BCUT2D eigenvalue weighted by Gasteiger charge is 2.26. The first-order valence-electron chi connectivity index (χ1n) is 7.42. The van der Waals surface area contributed by atoms with E-state index in [9.17, 15) is 13.8 Å². The van der Waals surface area contributed by atoms with Crippen LogP contribution >= 0.6 is 0 Å². The molecule has 2 N–H and O–H groups in total. The second kappa shape index (κ2) is 5.48. The number of aromatic nitrogens is 4. The molecule has 9 nitrogen and oxygen atoms in total. The van der Waals surface area contributed by atoms with Gasteiger partial charge in [-0.25, -0.2) is 0 Å². The quantitative estimate of drug-likeness (QED) is 0.584. The van der Waals surface area contributed by atoms with Crippen molar-refractivity contribution in [3.63, 3.8) is 0 Å². The maximum atomic E-state index is 11.8. The van der Waals surface area contributed by atoms with Gasteiger partial charge in [0, 0.05) is 23.4 Å². The fourth-order valence-corrected chi connectivity index (χ4v) is 2.85. The van der Waals surface area contributed by atoms with E-state index in [-0.39, 0.29) is 17.5 Å². The number of amides is 2. The van der Waals surface area contributed by atoms with Crippen LogP contribution in [0, 0.1) is 0 Å². The molecular formula is C14H14N6O3S. The molecule has 3 heterocycles. The van der Waals surface area contributed by atoms with Crippen LogP contribution in [0.2, 0.25) is 0 Å². The number of anilines is 1. The fourth-order valence-electron chi connectivity index (χ4n) is 2.42. The number of hydrogen-bond donors (Lipinski definition) is 2. The molecule has 0 bridgehead atoms. The van der Waals surface area contributed by atoms with Crippen LogP contribution < -0.4 is 10.6 Å². The molecule has 1 unspecified atom stereocenters. The van der Waals surface area contributed by atoms with Crippen molar-refractivity contribution in [2.24, 2.45) is 0 Å². The molecule has 2 fully saturated rings. The topological polar surface area (TPSA) is 118 Å². The summed E-state index contributed by atoms with van der Waals surface area (Å²) in [6.07, 6.45) is 6.77. The first-order chi connectivity index (χ1) is 11.5. The van der Waals surface area contributed by atoms with Crippen LogP contribution in [-0.2, 0) is 20.4 Å². The zero-order valence-corrected chi connectivity index (χ0v) is 13.6. The lowest BCUT2D eigenvalue weighted by atomic mass is 10.1. The summed E-state index contributed by atoms with van der Waals surface area (Å²) in [7, 11) is -1.36. The van der Waals surface area contributed by atoms with Crippen LogP contribution in [0.15, 0.2) is 16.9 Å². The van der Waals surface area contributed by atoms with Gasteiger partial charge in [-0.2, -0.15) is 19.6 Å². The molecule has 0 aromatic carbocycles. The van der Waals surface area contributed by atoms with E-state index >= 15 is 0 Å². The normalized spacial score (nSPS) is 20.6. The van der Waals surface area contributed by atoms with E-state index < -0.39 is 16.7 Å². The average Bonchev–Trinajstić information content (AvgIpc) is 3.16. The number of imide groups is 1.